The molecule has 1 aromatic heterocycles. The molecule has 1 aliphatic carbocycles. The molecule has 0 radical (unpaired) electrons. The lowest BCUT2D eigenvalue weighted by Gasteiger charge is -2.36. The van der Waals surface area contributed by atoms with Crippen molar-refractivity contribution in [2.75, 3.05) is 25.5 Å². The highest BCUT2D eigenvalue weighted by atomic mass is 32.2. The van der Waals surface area contributed by atoms with Gasteiger partial charge in [0.2, 0.25) is 10.0 Å². The van der Waals surface area contributed by atoms with Gasteiger partial charge in [0.1, 0.15) is 0 Å². The van der Waals surface area contributed by atoms with Crippen LogP contribution in [0.1, 0.15) is 48.5 Å². The lowest BCUT2D eigenvalue weighted by Crippen LogP contribution is -2.37. The van der Waals surface area contributed by atoms with Gasteiger partial charge in [0.05, 0.1) is 23.6 Å². The number of aromatic nitrogens is 2. The van der Waals surface area contributed by atoms with E-state index in [4.69, 9.17) is 4.74 Å². The molecule has 1 aromatic rings. The Morgan fingerprint density at radius 3 is 2.65 bits per heavy atom. The normalized spacial score (nSPS) is 26.3. The Hall–Kier alpha value is -1.41. The topological polar surface area (TPSA) is 81.5 Å². The number of hydrogen-bond donors (Lipinski definition) is 0. The molecule has 0 bridgehead atoms. The van der Waals surface area contributed by atoms with Crippen LogP contribution < -0.4 is 0 Å². The molecule has 0 aromatic carbocycles. The highest BCUT2D eigenvalue weighted by molar-refractivity contribution is 7.89. The van der Waals surface area contributed by atoms with Gasteiger partial charge < -0.3 is 4.74 Å². The van der Waals surface area contributed by atoms with Gasteiger partial charge in [-0.25, -0.2) is 12.7 Å². The highest BCUT2D eigenvalue weighted by Gasteiger charge is 2.52. The Bertz CT molecular complexity index is 717. The Kier molecular flexibility index (Phi) is 3.49. The molecular formula is C15H21N3O4S. The average molecular weight is 339 g/mol. The number of carbonyl (C=O) groups is 1. The van der Waals surface area contributed by atoms with Crippen molar-refractivity contribution >= 4 is 15.9 Å². The fourth-order valence-corrected chi connectivity index (χ4v) is 5.97. The van der Waals surface area contributed by atoms with Crippen molar-refractivity contribution in [3.05, 3.63) is 18.0 Å². The summed E-state index contributed by atoms with van der Waals surface area (Å²) < 4.78 is 32.9. The lowest BCUT2D eigenvalue weighted by molar-refractivity contribution is 0.0662. The minimum absolute atomic E-state index is 0.111. The first-order valence-corrected chi connectivity index (χ1v) is 9.77. The maximum absolute atomic E-state index is 12.7. The molecule has 0 atom stereocenters. The maximum atomic E-state index is 12.7. The highest BCUT2D eigenvalue weighted by Crippen LogP contribution is 2.47. The predicted molar refractivity (Wildman–Crippen MR) is 82.4 cm³/mol. The molecule has 3 fully saturated rings. The molecule has 1 spiro atoms. The summed E-state index contributed by atoms with van der Waals surface area (Å²) in [6.45, 7) is 1.71. The largest absolute Gasteiger partial charge is 0.381 e. The molecule has 2 saturated heterocycles. The first kappa shape index (κ1) is 15.1. The van der Waals surface area contributed by atoms with Gasteiger partial charge >= 0.3 is 0 Å². The van der Waals surface area contributed by atoms with Crippen molar-refractivity contribution in [2.24, 2.45) is 5.41 Å². The number of nitrogens with zero attached hydrogens (tertiary/aromatic N) is 3. The van der Waals surface area contributed by atoms with E-state index in [9.17, 15) is 13.2 Å². The fourth-order valence-electron chi connectivity index (χ4n) is 3.83. The molecule has 23 heavy (non-hydrogen) atoms. The van der Waals surface area contributed by atoms with Gasteiger partial charge in [0, 0.05) is 31.4 Å². The van der Waals surface area contributed by atoms with Crippen molar-refractivity contribution in [3.63, 3.8) is 0 Å². The van der Waals surface area contributed by atoms with Crippen molar-refractivity contribution < 1.29 is 17.9 Å². The number of ether oxygens (including phenoxy) is 1. The summed E-state index contributed by atoms with van der Waals surface area (Å²) in [4.78, 5) is 12.7. The zero-order chi connectivity index (χ0) is 16.1. The van der Waals surface area contributed by atoms with E-state index >= 15 is 0 Å². The first-order chi connectivity index (χ1) is 11.0. The third-order valence-electron chi connectivity index (χ3n) is 5.36. The van der Waals surface area contributed by atoms with Crippen LogP contribution in [-0.4, -0.2) is 53.9 Å². The SMILES string of the molecule is O=C(c1cnn(C2CCOCC2)c1)N1CC2(CCC2)CS1(=O)=O. The van der Waals surface area contributed by atoms with Crippen LogP contribution in [0, 0.1) is 5.41 Å². The third-order valence-corrected chi connectivity index (χ3v) is 7.30. The molecule has 0 unspecified atom stereocenters. The van der Waals surface area contributed by atoms with Gasteiger partial charge in [-0.15, -0.1) is 0 Å². The molecule has 1 saturated carbocycles. The van der Waals surface area contributed by atoms with Crippen LogP contribution in [0.4, 0.5) is 0 Å². The molecule has 4 rings (SSSR count). The molecule has 7 nitrogen and oxygen atoms in total. The summed E-state index contributed by atoms with van der Waals surface area (Å²) in [6, 6.07) is 0.221. The number of rotatable bonds is 2. The Morgan fingerprint density at radius 2 is 2.04 bits per heavy atom. The average Bonchev–Trinajstić information content (AvgIpc) is 3.09. The van der Waals surface area contributed by atoms with Crippen LogP contribution in [0.25, 0.3) is 0 Å². The number of carbonyl (C=O) groups excluding carboxylic acids is 1. The van der Waals surface area contributed by atoms with Crippen LogP contribution in [0.15, 0.2) is 12.4 Å². The van der Waals surface area contributed by atoms with E-state index in [-0.39, 0.29) is 17.2 Å². The van der Waals surface area contributed by atoms with E-state index in [1.54, 1.807) is 10.9 Å². The van der Waals surface area contributed by atoms with Crippen molar-refractivity contribution in [1.29, 1.82) is 0 Å². The molecule has 1 amide bonds. The molecule has 126 valence electrons. The molecule has 2 aliphatic heterocycles. The van der Waals surface area contributed by atoms with Crippen LogP contribution in [0.3, 0.4) is 0 Å². The zero-order valence-electron chi connectivity index (χ0n) is 13.0. The summed E-state index contributed by atoms with van der Waals surface area (Å²) in [5, 5.41) is 4.27. The lowest BCUT2D eigenvalue weighted by atomic mass is 9.70. The second-order valence-electron chi connectivity index (χ2n) is 6.97. The van der Waals surface area contributed by atoms with Crippen LogP contribution in [0.5, 0.6) is 0 Å². The number of hydrogen-bond acceptors (Lipinski definition) is 5. The van der Waals surface area contributed by atoms with Crippen molar-refractivity contribution in [3.8, 4) is 0 Å². The summed E-state index contributed by atoms with van der Waals surface area (Å²) >= 11 is 0. The maximum Gasteiger partial charge on any atom is 0.270 e. The monoisotopic (exact) mass is 339 g/mol. The molecule has 3 heterocycles. The van der Waals surface area contributed by atoms with E-state index in [0.717, 1.165) is 36.4 Å². The molecule has 3 aliphatic rings. The van der Waals surface area contributed by atoms with E-state index in [0.29, 0.717) is 25.3 Å². The van der Waals surface area contributed by atoms with Gasteiger partial charge in [0.25, 0.3) is 5.91 Å². The van der Waals surface area contributed by atoms with Crippen molar-refractivity contribution in [1.82, 2.24) is 14.1 Å². The smallest absolute Gasteiger partial charge is 0.270 e. The molecule has 0 N–H and O–H groups in total. The Balaban J connectivity index is 1.54. The van der Waals surface area contributed by atoms with Crippen LogP contribution in [-0.2, 0) is 14.8 Å². The predicted octanol–water partition coefficient (Wildman–Crippen LogP) is 1.19. The number of amides is 1. The van der Waals surface area contributed by atoms with Gasteiger partial charge in [0.15, 0.2) is 0 Å². The number of sulfonamides is 1. The van der Waals surface area contributed by atoms with Crippen LogP contribution >= 0.6 is 0 Å². The Morgan fingerprint density at radius 1 is 1.30 bits per heavy atom. The second-order valence-corrected chi connectivity index (χ2v) is 8.87. The second kappa shape index (κ2) is 5.31. The molecular weight excluding hydrogens is 318 g/mol. The van der Waals surface area contributed by atoms with E-state index in [1.165, 1.54) is 6.20 Å². The summed E-state index contributed by atoms with van der Waals surface area (Å²) in [5.41, 5.74) is 0.169. The zero-order valence-corrected chi connectivity index (χ0v) is 13.8. The van der Waals surface area contributed by atoms with E-state index in [2.05, 4.69) is 5.10 Å². The summed E-state index contributed by atoms with van der Waals surface area (Å²) in [6.07, 6.45) is 7.74. The summed E-state index contributed by atoms with van der Waals surface area (Å²) in [5.74, 6) is -0.327. The van der Waals surface area contributed by atoms with Gasteiger partial charge in [-0.3, -0.25) is 9.48 Å². The van der Waals surface area contributed by atoms with Gasteiger partial charge in [-0.2, -0.15) is 5.10 Å². The Labute approximate surface area is 135 Å². The van der Waals surface area contributed by atoms with E-state index in [1.807, 2.05) is 0 Å². The minimum atomic E-state index is -3.49. The van der Waals surface area contributed by atoms with Gasteiger partial charge in [-0.1, -0.05) is 6.42 Å². The summed E-state index contributed by atoms with van der Waals surface area (Å²) in [7, 11) is -3.49. The van der Waals surface area contributed by atoms with Crippen LogP contribution in [0.2, 0.25) is 0 Å². The first-order valence-electron chi connectivity index (χ1n) is 8.16. The van der Waals surface area contributed by atoms with Gasteiger partial charge in [-0.05, 0) is 25.7 Å². The fraction of sp³-hybridized carbons (Fsp3) is 0.733. The quantitative estimate of drug-likeness (QED) is 0.808. The van der Waals surface area contributed by atoms with Crippen molar-refractivity contribution in [2.45, 2.75) is 38.1 Å². The van der Waals surface area contributed by atoms with E-state index < -0.39 is 15.9 Å². The third kappa shape index (κ3) is 2.57. The standard InChI is InChI=1S/C15H21N3O4S/c19-14(18-10-15(4-1-5-15)11-23(18,20)21)12-8-16-17(9-12)13-2-6-22-7-3-13/h8-9,13H,1-7,10-11H2. The molecule has 8 heteroatoms. The minimum Gasteiger partial charge on any atom is -0.381 e.